The van der Waals surface area contributed by atoms with E-state index in [-0.39, 0.29) is 5.75 Å². The summed E-state index contributed by atoms with van der Waals surface area (Å²) in [6.45, 7) is 5.39. The first-order chi connectivity index (χ1) is 7.97. The van der Waals surface area contributed by atoms with E-state index in [2.05, 4.69) is 5.32 Å². The summed E-state index contributed by atoms with van der Waals surface area (Å²) in [4.78, 5) is 0. The molecule has 5 nitrogen and oxygen atoms in total. The van der Waals surface area contributed by atoms with Crippen molar-refractivity contribution < 1.29 is 12.8 Å². The van der Waals surface area contributed by atoms with Gasteiger partial charge in [0.15, 0.2) is 0 Å². The zero-order valence-corrected chi connectivity index (χ0v) is 11.4. The van der Waals surface area contributed by atoms with E-state index >= 15 is 0 Å². The monoisotopic (exact) mass is 260 g/mol. The summed E-state index contributed by atoms with van der Waals surface area (Å²) in [5, 5.41) is 3.01. The highest BCUT2D eigenvalue weighted by Gasteiger charge is 2.18. The lowest BCUT2D eigenvalue weighted by Crippen LogP contribution is -2.33. The van der Waals surface area contributed by atoms with E-state index in [1.165, 1.54) is 4.31 Å². The molecule has 6 heteroatoms. The Kier molecular flexibility index (Phi) is 5.17. The SMILES string of the molecule is CCNCCS(=O)(=O)N(C)Cc1ccoc1C. The first kappa shape index (κ1) is 14.2. The molecular formula is C11H20N2O3S. The fourth-order valence-electron chi connectivity index (χ4n) is 1.45. The Labute approximate surface area is 103 Å². The van der Waals surface area contributed by atoms with Crippen LogP contribution in [-0.4, -0.2) is 38.6 Å². The van der Waals surface area contributed by atoms with Crippen molar-refractivity contribution in [2.75, 3.05) is 25.9 Å². The lowest BCUT2D eigenvalue weighted by Gasteiger charge is -2.16. The maximum absolute atomic E-state index is 11.9. The Bertz CT molecular complexity index is 439. The minimum Gasteiger partial charge on any atom is -0.469 e. The van der Waals surface area contributed by atoms with Gasteiger partial charge in [0.1, 0.15) is 5.76 Å². The summed E-state index contributed by atoms with van der Waals surface area (Å²) in [5.74, 6) is 0.882. The Balaban J connectivity index is 2.57. The molecule has 0 bridgehead atoms. The van der Waals surface area contributed by atoms with E-state index in [1.807, 2.05) is 13.8 Å². The van der Waals surface area contributed by atoms with Crippen molar-refractivity contribution in [3.63, 3.8) is 0 Å². The standard InChI is InChI=1S/C11H20N2O3S/c1-4-12-6-8-17(14,15)13(3)9-11-5-7-16-10(11)2/h5,7,12H,4,6,8-9H2,1-3H3. The number of hydrogen-bond acceptors (Lipinski definition) is 4. The Morgan fingerprint density at radius 1 is 1.47 bits per heavy atom. The van der Waals surface area contributed by atoms with Crippen molar-refractivity contribution in [3.05, 3.63) is 23.7 Å². The van der Waals surface area contributed by atoms with Crippen LogP contribution in [0.4, 0.5) is 0 Å². The Hall–Kier alpha value is -0.850. The molecule has 17 heavy (non-hydrogen) atoms. The molecule has 98 valence electrons. The number of furan rings is 1. The van der Waals surface area contributed by atoms with Crippen LogP contribution in [0.15, 0.2) is 16.7 Å². The number of hydrogen-bond donors (Lipinski definition) is 1. The van der Waals surface area contributed by atoms with E-state index in [0.717, 1.165) is 17.9 Å². The lowest BCUT2D eigenvalue weighted by molar-refractivity contribution is 0.457. The molecule has 1 aromatic rings. The normalized spacial score (nSPS) is 12.2. The van der Waals surface area contributed by atoms with Gasteiger partial charge in [-0.1, -0.05) is 6.92 Å². The van der Waals surface area contributed by atoms with Crippen LogP contribution in [0.5, 0.6) is 0 Å². The lowest BCUT2D eigenvalue weighted by atomic mass is 10.3. The molecule has 1 heterocycles. The minimum atomic E-state index is -3.20. The number of nitrogens with one attached hydrogen (secondary N) is 1. The third-order valence-electron chi connectivity index (χ3n) is 2.62. The Morgan fingerprint density at radius 2 is 2.18 bits per heavy atom. The molecule has 0 radical (unpaired) electrons. The maximum atomic E-state index is 11.9. The topological polar surface area (TPSA) is 62.6 Å². The van der Waals surface area contributed by atoms with E-state index in [4.69, 9.17) is 4.42 Å². The minimum absolute atomic E-state index is 0.119. The van der Waals surface area contributed by atoms with Gasteiger partial charge >= 0.3 is 0 Å². The third kappa shape index (κ3) is 4.14. The fourth-order valence-corrected chi connectivity index (χ4v) is 2.50. The summed E-state index contributed by atoms with van der Waals surface area (Å²) >= 11 is 0. The van der Waals surface area contributed by atoms with Crippen molar-refractivity contribution in [2.45, 2.75) is 20.4 Å². The molecule has 0 aliphatic carbocycles. The molecule has 1 N–H and O–H groups in total. The first-order valence-corrected chi connectivity index (χ1v) is 7.26. The van der Waals surface area contributed by atoms with Crippen LogP contribution in [0.1, 0.15) is 18.2 Å². The summed E-state index contributed by atoms with van der Waals surface area (Å²) < 4.78 is 30.3. The van der Waals surface area contributed by atoms with E-state index in [0.29, 0.717) is 13.1 Å². The molecule has 0 unspecified atom stereocenters. The molecule has 1 rings (SSSR count). The van der Waals surface area contributed by atoms with Crippen LogP contribution < -0.4 is 5.32 Å². The summed E-state index contributed by atoms with van der Waals surface area (Å²) in [5.41, 5.74) is 0.902. The van der Waals surface area contributed by atoms with Crippen molar-refractivity contribution in [1.29, 1.82) is 0 Å². The molecule has 0 aliphatic heterocycles. The van der Waals surface area contributed by atoms with Crippen LogP contribution in [0, 0.1) is 6.92 Å². The average molecular weight is 260 g/mol. The van der Waals surface area contributed by atoms with Gasteiger partial charge < -0.3 is 9.73 Å². The van der Waals surface area contributed by atoms with Crippen molar-refractivity contribution in [1.82, 2.24) is 9.62 Å². The predicted octanol–water partition coefficient (Wildman–Crippen LogP) is 0.959. The number of nitrogens with zero attached hydrogens (tertiary/aromatic N) is 1. The summed E-state index contributed by atoms with van der Waals surface area (Å²) in [6.07, 6.45) is 1.57. The summed E-state index contributed by atoms with van der Waals surface area (Å²) in [6, 6.07) is 1.80. The molecule has 0 fully saturated rings. The van der Waals surface area contributed by atoms with Crippen molar-refractivity contribution in [3.8, 4) is 0 Å². The van der Waals surface area contributed by atoms with Gasteiger partial charge in [-0.15, -0.1) is 0 Å². The van der Waals surface area contributed by atoms with Crippen molar-refractivity contribution in [2.24, 2.45) is 0 Å². The van der Waals surface area contributed by atoms with Gasteiger partial charge in [-0.25, -0.2) is 12.7 Å². The molecular weight excluding hydrogens is 240 g/mol. The van der Waals surface area contributed by atoms with E-state index in [1.54, 1.807) is 19.4 Å². The zero-order chi connectivity index (χ0) is 12.9. The van der Waals surface area contributed by atoms with Gasteiger partial charge in [0.25, 0.3) is 0 Å². The van der Waals surface area contributed by atoms with Gasteiger partial charge in [0.05, 0.1) is 12.0 Å². The third-order valence-corrected chi connectivity index (χ3v) is 4.42. The molecule has 0 saturated carbocycles. The number of aryl methyl sites for hydroxylation is 1. The highest BCUT2D eigenvalue weighted by molar-refractivity contribution is 7.89. The van der Waals surface area contributed by atoms with Crippen LogP contribution in [-0.2, 0) is 16.6 Å². The van der Waals surface area contributed by atoms with Gasteiger partial charge in [-0.05, 0) is 19.5 Å². The van der Waals surface area contributed by atoms with Gasteiger partial charge in [-0.2, -0.15) is 0 Å². The highest BCUT2D eigenvalue weighted by Crippen LogP contribution is 2.13. The maximum Gasteiger partial charge on any atom is 0.215 e. The van der Waals surface area contributed by atoms with Crippen LogP contribution in [0.25, 0.3) is 0 Å². The molecule has 1 aromatic heterocycles. The smallest absolute Gasteiger partial charge is 0.215 e. The molecule has 0 saturated heterocycles. The molecule has 0 aliphatic rings. The van der Waals surface area contributed by atoms with E-state index in [9.17, 15) is 8.42 Å². The second-order valence-electron chi connectivity index (χ2n) is 3.93. The van der Waals surface area contributed by atoms with Gasteiger partial charge in [-0.3, -0.25) is 0 Å². The predicted molar refractivity (Wildman–Crippen MR) is 67.2 cm³/mol. The Morgan fingerprint density at radius 3 is 2.71 bits per heavy atom. The second kappa shape index (κ2) is 6.18. The highest BCUT2D eigenvalue weighted by atomic mass is 32.2. The van der Waals surface area contributed by atoms with Crippen LogP contribution in [0.3, 0.4) is 0 Å². The van der Waals surface area contributed by atoms with Crippen LogP contribution >= 0.6 is 0 Å². The van der Waals surface area contributed by atoms with E-state index < -0.39 is 10.0 Å². The molecule has 0 spiro atoms. The van der Waals surface area contributed by atoms with Crippen molar-refractivity contribution >= 4 is 10.0 Å². The quantitative estimate of drug-likeness (QED) is 0.742. The molecule has 0 atom stereocenters. The van der Waals surface area contributed by atoms with Gasteiger partial charge in [0, 0.05) is 25.7 Å². The largest absolute Gasteiger partial charge is 0.469 e. The molecule has 0 aromatic carbocycles. The number of rotatable bonds is 7. The van der Waals surface area contributed by atoms with Gasteiger partial charge in [0.2, 0.25) is 10.0 Å². The molecule has 0 amide bonds. The van der Waals surface area contributed by atoms with Crippen LogP contribution in [0.2, 0.25) is 0 Å². The first-order valence-electron chi connectivity index (χ1n) is 5.65. The second-order valence-corrected chi connectivity index (χ2v) is 6.12. The summed E-state index contributed by atoms with van der Waals surface area (Å²) in [7, 11) is -1.61. The number of sulfonamides is 1. The average Bonchev–Trinajstić information content (AvgIpc) is 2.64. The fraction of sp³-hybridized carbons (Fsp3) is 0.636. The zero-order valence-electron chi connectivity index (χ0n) is 10.6.